The van der Waals surface area contributed by atoms with Crippen molar-refractivity contribution in [1.29, 1.82) is 0 Å². The van der Waals surface area contributed by atoms with Gasteiger partial charge in [0.2, 0.25) is 11.8 Å². The van der Waals surface area contributed by atoms with Gasteiger partial charge < -0.3 is 24.5 Å². The molecule has 0 radical (unpaired) electrons. The van der Waals surface area contributed by atoms with Gasteiger partial charge in [0.1, 0.15) is 11.6 Å². The van der Waals surface area contributed by atoms with Crippen molar-refractivity contribution in [1.82, 2.24) is 4.90 Å². The Morgan fingerprint density at radius 2 is 1.61 bits per heavy atom. The number of anilines is 2. The first-order valence-electron chi connectivity index (χ1n) is 14.4. The highest BCUT2D eigenvalue weighted by molar-refractivity contribution is 6.07. The summed E-state index contributed by atoms with van der Waals surface area (Å²) in [6, 6.07) is 14.5. The number of hydrogen-bond donors (Lipinski definition) is 1. The molecule has 8 heteroatoms. The summed E-state index contributed by atoms with van der Waals surface area (Å²) >= 11 is 0. The van der Waals surface area contributed by atoms with Crippen LogP contribution in [0.4, 0.5) is 11.4 Å². The topological polar surface area (TPSA) is 90.4 Å². The van der Waals surface area contributed by atoms with Crippen LogP contribution in [-0.4, -0.2) is 71.2 Å². The zero-order valence-electron chi connectivity index (χ0n) is 23.8. The molecule has 4 aliphatic heterocycles. The molecule has 0 aromatic heterocycles. The highest BCUT2D eigenvalue weighted by atomic mass is 16.5. The fraction of sp³-hybridized carbons (Fsp3) is 0.424. The van der Waals surface area contributed by atoms with E-state index < -0.39 is 29.1 Å². The Bertz CT molecular complexity index is 1440. The lowest BCUT2D eigenvalue weighted by Gasteiger charge is -2.37. The lowest BCUT2D eigenvalue weighted by molar-refractivity contribution is -0.144. The zero-order chi connectivity index (χ0) is 28.9. The van der Waals surface area contributed by atoms with E-state index in [0.29, 0.717) is 32.5 Å². The van der Waals surface area contributed by atoms with E-state index >= 15 is 0 Å². The summed E-state index contributed by atoms with van der Waals surface area (Å²) in [7, 11) is 0. The lowest BCUT2D eigenvalue weighted by Crippen LogP contribution is -2.56. The molecule has 5 atom stereocenters. The van der Waals surface area contributed by atoms with Crippen LogP contribution in [0.2, 0.25) is 0 Å². The Morgan fingerprint density at radius 3 is 2.37 bits per heavy atom. The molecule has 1 unspecified atom stereocenters. The highest BCUT2D eigenvalue weighted by Crippen LogP contribution is 2.57. The number of carbonyl (C=O) groups excluding carboxylic acids is 3. The largest absolute Gasteiger partial charge is 0.396 e. The van der Waals surface area contributed by atoms with Crippen LogP contribution in [0.3, 0.4) is 0 Å². The SMILES string of the molecule is Cc1ccc(C)c(N2CC=C[C@]34O[C@]5(C)C=CCN(c6ccccc6)C(=O)[C@@H]5[C@H]3C(=O)N(CCCCO)C4C2=O)c1. The van der Waals surface area contributed by atoms with Crippen LogP contribution in [0.15, 0.2) is 72.8 Å². The number of ether oxygens (including phenoxy) is 1. The van der Waals surface area contributed by atoms with E-state index in [-0.39, 0.29) is 24.3 Å². The van der Waals surface area contributed by atoms with Crippen LogP contribution in [0.25, 0.3) is 0 Å². The van der Waals surface area contributed by atoms with Crippen molar-refractivity contribution in [3.63, 3.8) is 0 Å². The smallest absolute Gasteiger partial charge is 0.253 e. The summed E-state index contributed by atoms with van der Waals surface area (Å²) in [6.07, 6.45) is 8.65. The fourth-order valence-corrected chi connectivity index (χ4v) is 7.22. The molecule has 2 fully saturated rings. The van der Waals surface area contributed by atoms with Gasteiger partial charge in [0.15, 0.2) is 0 Å². The fourth-order valence-electron chi connectivity index (χ4n) is 7.22. The monoisotopic (exact) mass is 555 g/mol. The molecule has 2 aromatic rings. The normalized spacial score (nSPS) is 30.8. The Balaban J connectivity index is 1.47. The predicted octanol–water partition coefficient (Wildman–Crippen LogP) is 3.55. The van der Waals surface area contributed by atoms with Gasteiger partial charge in [-0.2, -0.15) is 0 Å². The van der Waals surface area contributed by atoms with Gasteiger partial charge in [0.05, 0.1) is 17.4 Å². The number of benzene rings is 2. The van der Waals surface area contributed by atoms with Crippen LogP contribution < -0.4 is 9.80 Å². The first kappa shape index (κ1) is 27.4. The van der Waals surface area contributed by atoms with E-state index in [1.807, 2.05) is 93.6 Å². The third-order valence-corrected chi connectivity index (χ3v) is 9.09. The molecule has 2 saturated heterocycles. The Labute approximate surface area is 240 Å². The van der Waals surface area contributed by atoms with Crippen LogP contribution in [0.1, 0.15) is 30.9 Å². The summed E-state index contributed by atoms with van der Waals surface area (Å²) < 4.78 is 6.92. The lowest BCUT2D eigenvalue weighted by atomic mass is 9.74. The maximum absolute atomic E-state index is 14.6. The minimum absolute atomic E-state index is 0.00373. The van der Waals surface area contributed by atoms with Crippen molar-refractivity contribution < 1.29 is 24.2 Å². The van der Waals surface area contributed by atoms with Crippen molar-refractivity contribution in [2.75, 3.05) is 36.0 Å². The van der Waals surface area contributed by atoms with Crippen molar-refractivity contribution in [3.05, 3.63) is 84.0 Å². The number of fused-ring (bicyclic) bond motifs is 2. The van der Waals surface area contributed by atoms with Crippen LogP contribution >= 0.6 is 0 Å². The van der Waals surface area contributed by atoms with Gasteiger partial charge in [-0.25, -0.2) is 0 Å². The average Bonchev–Trinajstić information content (AvgIpc) is 3.22. The number of unbranched alkanes of at least 4 members (excludes halogenated alkanes) is 1. The van der Waals surface area contributed by atoms with E-state index in [2.05, 4.69) is 0 Å². The van der Waals surface area contributed by atoms with E-state index in [1.165, 1.54) is 0 Å². The summed E-state index contributed by atoms with van der Waals surface area (Å²) in [5.41, 5.74) is 1.16. The van der Waals surface area contributed by atoms with E-state index in [1.54, 1.807) is 14.7 Å². The molecule has 2 aromatic carbocycles. The molecule has 4 aliphatic rings. The number of rotatable bonds is 6. The van der Waals surface area contributed by atoms with E-state index in [9.17, 15) is 19.5 Å². The minimum Gasteiger partial charge on any atom is -0.396 e. The third kappa shape index (κ3) is 4.23. The number of hydrogen-bond acceptors (Lipinski definition) is 5. The maximum atomic E-state index is 14.6. The molecule has 1 N–H and O–H groups in total. The van der Waals surface area contributed by atoms with Crippen LogP contribution in [0.5, 0.6) is 0 Å². The number of amides is 3. The molecular weight excluding hydrogens is 518 g/mol. The number of likely N-dealkylation sites (tertiary alicyclic amines) is 1. The first-order chi connectivity index (χ1) is 19.7. The quantitative estimate of drug-likeness (QED) is 0.435. The molecule has 0 saturated carbocycles. The van der Waals surface area contributed by atoms with Crippen molar-refractivity contribution in [2.45, 2.75) is 50.9 Å². The van der Waals surface area contributed by atoms with E-state index in [4.69, 9.17) is 4.74 Å². The summed E-state index contributed by atoms with van der Waals surface area (Å²) in [6.45, 7) is 6.81. The number of carbonyl (C=O) groups is 3. The summed E-state index contributed by atoms with van der Waals surface area (Å²) in [4.78, 5) is 48.5. The minimum atomic E-state index is -1.31. The number of para-hydroxylation sites is 1. The van der Waals surface area contributed by atoms with Crippen molar-refractivity contribution in [2.24, 2.45) is 11.8 Å². The molecule has 41 heavy (non-hydrogen) atoms. The Kier molecular flexibility index (Phi) is 6.86. The molecule has 4 heterocycles. The highest BCUT2D eigenvalue weighted by Gasteiger charge is 2.74. The molecule has 3 amide bonds. The number of aliphatic hydroxyl groups is 1. The average molecular weight is 556 g/mol. The summed E-state index contributed by atoms with van der Waals surface area (Å²) in [5.74, 6) is -2.35. The molecule has 6 rings (SSSR count). The first-order valence-corrected chi connectivity index (χ1v) is 14.4. The second-order valence-corrected chi connectivity index (χ2v) is 11.8. The van der Waals surface area contributed by atoms with Gasteiger partial charge in [-0.05, 0) is 62.9 Å². The van der Waals surface area contributed by atoms with Gasteiger partial charge in [-0.1, -0.05) is 54.6 Å². The second-order valence-electron chi connectivity index (χ2n) is 11.8. The van der Waals surface area contributed by atoms with Gasteiger partial charge in [0.25, 0.3) is 5.91 Å². The number of aryl methyl sites for hydroxylation is 2. The molecule has 0 aliphatic carbocycles. The number of nitrogens with zero attached hydrogens (tertiary/aromatic N) is 3. The van der Waals surface area contributed by atoms with Crippen molar-refractivity contribution in [3.8, 4) is 0 Å². The predicted molar refractivity (Wildman–Crippen MR) is 156 cm³/mol. The van der Waals surface area contributed by atoms with E-state index in [0.717, 1.165) is 22.5 Å². The molecular formula is C33H37N3O5. The molecule has 0 bridgehead atoms. The van der Waals surface area contributed by atoms with Crippen LogP contribution in [-0.2, 0) is 19.1 Å². The van der Waals surface area contributed by atoms with Gasteiger partial charge in [0, 0.05) is 37.6 Å². The molecule has 8 nitrogen and oxygen atoms in total. The van der Waals surface area contributed by atoms with Gasteiger partial charge in [-0.3, -0.25) is 14.4 Å². The molecule has 1 spiro atoms. The maximum Gasteiger partial charge on any atom is 0.253 e. The van der Waals surface area contributed by atoms with Gasteiger partial charge in [-0.15, -0.1) is 0 Å². The van der Waals surface area contributed by atoms with Crippen molar-refractivity contribution >= 4 is 29.1 Å². The summed E-state index contributed by atoms with van der Waals surface area (Å²) in [5, 5.41) is 9.46. The molecule has 214 valence electrons. The van der Waals surface area contributed by atoms with Gasteiger partial charge >= 0.3 is 0 Å². The van der Waals surface area contributed by atoms with Crippen LogP contribution in [0, 0.1) is 25.7 Å². The second kappa shape index (κ2) is 10.3. The zero-order valence-corrected chi connectivity index (χ0v) is 23.8. The Morgan fingerprint density at radius 1 is 0.878 bits per heavy atom. The Hall–Kier alpha value is -3.75. The standard InChI is InChI=1S/C33H37N3O5/c1-22-13-14-23(2)25(21-22)35-19-10-16-33-27(30(39)36(17-7-8-20-37)28(33)31(35)40)26-29(38)34(24-11-5-4-6-12-24)18-9-15-32(26,3)41-33/h4-6,9-16,21,26-28,37H,7-8,17-20H2,1-3H3/t26-,27-,28?,32+,33-/m0/s1. The third-order valence-electron chi connectivity index (χ3n) is 9.09. The number of aliphatic hydroxyl groups excluding tert-OH is 1.